The van der Waals surface area contributed by atoms with Crippen LogP contribution >= 0.6 is 11.6 Å². The fraction of sp³-hybridized carbons (Fsp3) is 0.538. The fourth-order valence-electron chi connectivity index (χ4n) is 2.27. The largest absolute Gasteiger partial charge is 0.310 e. The molecule has 92 valence electrons. The number of aryl methyl sites for hydroxylation is 1. The highest BCUT2D eigenvalue weighted by molar-refractivity contribution is 6.17. The topological polar surface area (TPSA) is 30.7 Å². The van der Waals surface area contributed by atoms with E-state index in [9.17, 15) is 0 Å². The molecule has 0 unspecified atom stereocenters. The Morgan fingerprint density at radius 2 is 2.12 bits per heavy atom. The Hall–Kier alpha value is -1.09. The van der Waals surface area contributed by atoms with Gasteiger partial charge in [-0.2, -0.15) is 0 Å². The van der Waals surface area contributed by atoms with Gasteiger partial charge in [0.25, 0.3) is 0 Å². The van der Waals surface area contributed by atoms with Gasteiger partial charge >= 0.3 is 0 Å². The number of hydrogen-bond acceptors (Lipinski definition) is 2. The Balaban J connectivity index is 2.58. The van der Waals surface area contributed by atoms with Crippen LogP contribution < -0.4 is 0 Å². The molecule has 4 heteroatoms. The van der Waals surface area contributed by atoms with Crippen LogP contribution in [0.4, 0.5) is 0 Å². The van der Waals surface area contributed by atoms with E-state index in [-0.39, 0.29) is 0 Å². The molecule has 0 fully saturated rings. The van der Waals surface area contributed by atoms with Crippen LogP contribution in [0.25, 0.3) is 11.2 Å². The van der Waals surface area contributed by atoms with Crippen LogP contribution in [0.5, 0.6) is 0 Å². The summed E-state index contributed by atoms with van der Waals surface area (Å²) >= 11 is 5.85. The maximum atomic E-state index is 5.85. The number of halogens is 1. The Morgan fingerprint density at radius 1 is 1.35 bits per heavy atom. The molecule has 17 heavy (non-hydrogen) atoms. The molecule has 0 aliphatic carbocycles. The van der Waals surface area contributed by atoms with Crippen molar-refractivity contribution in [3.05, 3.63) is 24.2 Å². The zero-order valence-electron chi connectivity index (χ0n) is 10.4. The molecule has 0 N–H and O–H groups in total. The van der Waals surface area contributed by atoms with Gasteiger partial charge in [-0.1, -0.05) is 13.8 Å². The predicted molar refractivity (Wildman–Crippen MR) is 71.6 cm³/mol. The van der Waals surface area contributed by atoms with E-state index in [1.54, 1.807) is 0 Å². The second kappa shape index (κ2) is 5.50. The second-order valence-electron chi connectivity index (χ2n) is 4.15. The summed E-state index contributed by atoms with van der Waals surface area (Å²) in [6, 6.07) is 4.41. The minimum absolute atomic E-state index is 0.466. The van der Waals surface area contributed by atoms with Crippen LogP contribution in [-0.4, -0.2) is 20.4 Å². The quantitative estimate of drug-likeness (QED) is 0.761. The van der Waals surface area contributed by atoms with Gasteiger partial charge in [0.15, 0.2) is 5.65 Å². The molecule has 0 radical (unpaired) electrons. The molecule has 2 heterocycles. The molecule has 2 aromatic heterocycles. The van der Waals surface area contributed by atoms with Gasteiger partial charge in [0.2, 0.25) is 0 Å². The molecule has 0 saturated carbocycles. The smallest absolute Gasteiger partial charge is 0.160 e. The highest BCUT2D eigenvalue weighted by Gasteiger charge is 2.16. The van der Waals surface area contributed by atoms with E-state index in [4.69, 9.17) is 11.6 Å². The highest BCUT2D eigenvalue weighted by Crippen LogP contribution is 2.24. The van der Waals surface area contributed by atoms with Crippen molar-refractivity contribution in [2.45, 2.75) is 39.2 Å². The standard InChI is InChI=1S/C13H18ClN3/c1-3-10(4-2)17-12(7-8-14)16-11-6-5-9-15-13(11)17/h5-6,9-10H,3-4,7-8H2,1-2H3. The third kappa shape index (κ3) is 2.29. The maximum absolute atomic E-state index is 5.85. The zero-order valence-corrected chi connectivity index (χ0v) is 11.1. The van der Waals surface area contributed by atoms with Crippen LogP contribution in [-0.2, 0) is 6.42 Å². The van der Waals surface area contributed by atoms with Crippen molar-refractivity contribution in [1.82, 2.24) is 14.5 Å². The van der Waals surface area contributed by atoms with Crippen molar-refractivity contribution in [3.63, 3.8) is 0 Å². The molecule has 0 aliphatic rings. The van der Waals surface area contributed by atoms with Crippen molar-refractivity contribution in [2.24, 2.45) is 0 Å². The third-order valence-corrected chi connectivity index (χ3v) is 3.34. The van der Waals surface area contributed by atoms with E-state index in [0.717, 1.165) is 36.3 Å². The monoisotopic (exact) mass is 251 g/mol. The van der Waals surface area contributed by atoms with Crippen molar-refractivity contribution in [1.29, 1.82) is 0 Å². The Bertz CT molecular complexity index is 488. The molecule has 0 bridgehead atoms. The van der Waals surface area contributed by atoms with Gasteiger partial charge in [-0.3, -0.25) is 0 Å². The van der Waals surface area contributed by atoms with E-state index in [1.165, 1.54) is 0 Å². The van der Waals surface area contributed by atoms with Gasteiger partial charge < -0.3 is 4.57 Å². The summed E-state index contributed by atoms with van der Waals surface area (Å²) < 4.78 is 2.26. The molecule has 2 aromatic rings. The molecule has 0 atom stereocenters. The van der Waals surface area contributed by atoms with Crippen LogP contribution in [0.2, 0.25) is 0 Å². The summed E-state index contributed by atoms with van der Waals surface area (Å²) in [6.45, 7) is 4.40. The first-order valence-electron chi connectivity index (χ1n) is 6.19. The number of rotatable bonds is 5. The Labute approximate surface area is 107 Å². The molecule has 0 amide bonds. The lowest BCUT2D eigenvalue weighted by Gasteiger charge is -2.17. The highest BCUT2D eigenvalue weighted by atomic mass is 35.5. The normalized spacial score (nSPS) is 11.5. The summed E-state index contributed by atoms with van der Waals surface area (Å²) in [5.41, 5.74) is 1.96. The number of fused-ring (bicyclic) bond motifs is 1. The lowest BCUT2D eigenvalue weighted by molar-refractivity contribution is 0.466. The van der Waals surface area contributed by atoms with Crippen LogP contribution in [0.1, 0.15) is 38.6 Å². The number of alkyl halides is 1. The lowest BCUT2D eigenvalue weighted by Crippen LogP contribution is -2.12. The molecule has 2 rings (SSSR count). The van der Waals surface area contributed by atoms with Crippen molar-refractivity contribution in [3.8, 4) is 0 Å². The van der Waals surface area contributed by atoms with E-state index in [2.05, 4.69) is 28.4 Å². The van der Waals surface area contributed by atoms with Gasteiger partial charge in [-0.25, -0.2) is 9.97 Å². The summed E-state index contributed by atoms with van der Waals surface area (Å²) in [5, 5.41) is 0. The van der Waals surface area contributed by atoms with E-state index < -0.39 is 0 Å². The average molecular weight is 252 g/mol. The van der Waals surface area contributed by atoms with Gasteiger partial charge in [0, 0.05) is 24.5 Å². The summed E-state index contributed by atoms with van der Waals surface area (Å²) in [6.07, 6.45) is 4.81. The summed E-state index contributed by atoms with van der Waals surface area (Å²) in [5.74, 6) is 1.66. The molecule has 0 saturated heterocycles. The maximum Gasteiger partial charge on any atom is 0.160 e. The minimum Gasteiger partial charge on any atom is -0.310 e. The SMILES string of the molecule is CCC(CC)n1c(CCCl)nc2cccnc21. The third-order valence-electron chi connectivity index (χ3n) is 3.15. The Kier molecular flexibility index (Phi) is 4.00. The van der Waals surface area contributed by atoms with E-state index in [0.29, 0.717) is 11.9 Å². The molecule has 0 spiro atoms. The van der Waals surface area contributed by atoms with E-state index >= 15 is 0 Å². The summed E-state index contributed by atoms with van der Waals surface area (Å²) in [7, 11) is 0. The molecule has 0 aliphatic heterocycles. The van der Waals surface area contributed by atoms with E-state index in [1.807, 2.05) is 18.3 Å². The molecule has 3 nitrogen and oxygen atoms in total. The molecular formula is C13H18ClN3. The number of pyridine rings is 1. The number of imidazole rings is 1. The predicted octanol–water partition coefficient (Wildman–Crippen LogP) is 3.57. The van der Waals surface area contributed by atoms with Crippen molar-refractivity contribution >= 4 is 22.8 Å². The summed E-state index contributed by atoms with van der Waals surface area (Å²) in [4.78, 5) is 9.09. The van der Waals surface area contributed by atoms with Gasteiger partial charge in [0.05, 0.1) is 0 Å². The second-order valence-corrected chi connectivity index (χ2v) is 4.53. The van der Waals surface area contributed by atoms with Gasteiger partial charge in [-0.15, -0.1) is 11.6 Å². The van der Waals surface area contributed by atoms with Crippen molar-refractivity contribution < 1.29 is 0 Å². The molecule has 0 aromatic carbocycles. The zero-order chi connectivity index (χ0) is 12.3. The van der Waals surface area contributed by atoms with Gasteiger partial charge in [0.1, 0.15) is 11.3 Å². The van der Waals surface area contributed by atoms with Gasteiger partial charge in [-0.05, 0) is 25.0 Å². The minimum atomic E-state index is 0.466. The number of hydrogen-bond donors (Lipinski definition) is 0. The Morgan fingerprint density at radius 3 is 2.76 bits per heavy atom. The first-order valence-corrected chi connectivity index (χ1v) is 6.73. The van der Waals surface area contributed by atoms with Crippen LogP contribution in [0.3, 0.4) is 0 Å². The van der Waals surface area contributed by atoms with Crippen LogP contribution in [0, 0.1) is 0 Å². The fourth-order valence-corrected chi connectivity index (χ4v) is 2.44. The average Bonchev–Trinajstić information content (AvgIpc) is 2.71. The van der Waals surface area contributed by atoms with Crippen molar-refractivity contribution in [2.75, 3.05) is 5.88 Å². The number of nitrogens with zero attached hydrogens (tertiary/aromatic N) is 3. The first-order chi connectivity index (χ1) is 8.31. The molecular weight excluding hydrogens is 234 g/mol. The number of aromatic nitrogens is 3. The van der Waals surface area contributed by atoms with Crippen LogP contribution in [0.15, 0.2) is 18.3 Å². The lowest BCUT2D eigenvalue weighted by atomic mass is 10.1. The first kappa shape index (κ1) is 12.4.